The maximum atomic E-state index is 12.8. The van der Waals surface area contributed by atoms with Crippen molar-refractivity contribution < 1.29 is 9.13 Å². The zero-order chi connectivity index (χ0) is 14.4. The molecule has 0 aliphatic heterocycles. The number of ether oxygens (including phenoxy) is 1. The third kappa shape index (κ3) is 4.32. The van der Waals surface area contributed by atoms with Crippen LogP contribution in [0.5, 0.6) is 5.75 Å². The van der Waals surface area contributed by atoms with Crippen LogP contribution >= 0.6 is 15.9 Å². The summed E-state index contributed by atoms with van der Waals surface area (Å²) in [4.78, 5) is 0. The first-order valence-corrected chi connectivity index (χ1v) is 7.26. The quantitative estimate of drug-likeness (QED) is 0.806. The Morgan fingerprint density at radius 2 is 1.90 bits per heavy atom. The Labute approximate surface area is 127 Å². The van der Waals surface area contributed by atoms with Crippen molar-refractivity contribution in [3.05, 3.63) is 63.9 Å². The first-order valence-electron chi connectivity index (χ1n) is 6.46. The van der Waals surface area contributed by atoms with E-state index in [0.29, 0.717) is 0 Å². The zero-order valence-electron chi connectivity index (χ0n) is 11.3. The summed E-state index contributed by atoms with van der Waals surface area (Å²) >= 11 is 3.53. The Bertz CT molecular complexity index is 557. The predicted octanol–water partition coefficient (Wildman–Crippen LogP) is 3.93. The van der Waals surface area contributed by atoms with Gasteiger partial charge in [0, 0.05) is 11.0 Å². The van der Waals surface area contributed by atoms with Gasteiger partial charge in [-0.25, -0.2) is 4.39 Å². The molecule has 0 aliphatic carbocycles. The van der Waals surface area contributed by atoms with Crippen molar-refractivity contribution in [2.24, 2.45) is 0 Å². The van der Waals surface area contributed by atoms with Crippen LogP contribution in [-0.2, 0) is 13.0 Å². The van der Waals surface area contributed by atoms with Crippen molar-refractivity contribution >= 4 is 15.9 Å². The molecule has 2 aromatic carbocycles. The molecule has 2 aromatic rings. The zero-order valence-corrected chi connectivity index (χ0v) is 12.9. The Balaban J connectivity index is 1.82. The Morgan fingerprint density at radius 3 is 2.60 bits per heavy atom. The minimum absolute atomic E-state index is 0.193. The molecule has 0 aromatic heterocycles. The molecular formula is C16H17BrFNO. The second-order valence-corrected chi connectivity index (χ2v) is 5.36. The van der Waals surface area contributed by atoms with Crippen molar-refractivity contribution in [3.8, 4) is 5.75 Å². The lowest BCUT2D eigenvalue weighted by Crippen LogP contribution is -2.17. The van der Waals surface area contributed by atoms with Gasteiger partial charge in [-0.05, 0) is 54.4 Å². The van der Waals surface area contributed by atoms with Crippen molar-refractivity contribution in [1.29, 1.82) is 0 Å². The van der Waals surface area contributed by atoms with Crippen LogP contribution in [0.25, 0.3) is 0 Å². The highest BCUT2D eigenvalue weighted by molar-refractivity contribution is 9.10. The molecular weight excluding hydrogens is 321 g/mol. The molecule has 2 nitrogen and oxygen atoms in total. The van der Waals surface area contributed by atoms with Crippen LogP contribution in [0.3, 0.4) is 0 Å². The van der Waals surface area contributed by atoms with Crippen molar-refractivity contribution in [2.45, 2.75) is 13.0 Å². The van der Waals surface area contributed by atoms with E-state index < -0.39 is 0 Å². The average molecular weight is 338 g/mol. The molecule has 1 N–H and O–H groups in total. The van der Waals surface area contributed by atoms with Crippen molar-refractivity contribution in [1.82, 2.24) is 5.32 Å². The molecule has 0 saturated heterocycles. The van der Waals surface area contributed by atoms with Crippen molar-refractivity contribution in [3.63, 3.8) is 0 Å². The first-order chi connectivity index (χ1) is 9.69. The van der Waals surface area contributed by atoms with E-state index in [1.54, 1.807) is 7.11 Å². The monoisotopic (exact) mass is 337 g/mol. The van der Waals surface area contributed by atoms with E-state index in [1.807, 2.05) is 30.3 Å². The minimum Gasteiger partial charge on any atom is -0.497 e. The van der Waals surface area contributed by atoms with Crippen LogP contribution in [0.2, 0.25) is 0 Å². The second-order valence-electron chi connectivity index (χ2n) is 4.51. The summed E-state index contributed by atoms with van der Waals surface area (Å²) in [6.07, 6.45) is 0.877. The number of hydrogen-bond acceptors (Lipinski definition) is 2. The molecule has 0 fully saturated rings. The molecule has 0 atom stereocenters. The third-order valence-electron chi connectivity index (χ3n) is 3.07. The lowest BCUT2D eigenvalue weighted by atomic mass is 10.1. The van der Waals surface area contributed by atoms with E-state index in [-0.39, 0.29) is 5.82 Å². The maximum Gasteiger partial charge on any atom is 0.123 e. The number of halogens is 2. The summed E-state index contributed by atoms with van der Waals surface area (Å²) in [6.45, 7) is 1.61. The van der Waals surface area contributed by atoms with Crippen LogP contribution in [-0.4, -0.2) is 13.7 Å². The Kier molecular flexibility index (Phi) is 5.56. The van der Waals surface area contributed by atoms with Crippen LogP contribution in [0.4, 0.5) is 4.39 Å². The molecule has 0 aliphatic rings. The number of methoxy groups -OCH3 is 1. The van der Waals surface area contributed by atoms with Gasteiger partial charge in [-0.2, -0.15) is 0 Å². The molecule has 20 heavy (non-hydrogen) atoms. The van der Waals surface area contributed by atoms with E-state index in [2.05, 4.69) is 21.2 Å². The summed E-state index contributed by atoms with van der Waals surface area (Å²) in [5.41, 5.74) is 2.28. The molecule has 0 unspecified atom stereocenters. The lowest BCUT2D eigenvalue weighted by molar-refractivity contribution is 0.414. The number of hydrogen-bond donors (Lipinski definition) is 1. The Morgan fingerprint density at radius 1 is 1.15 bits per heavy atom. The average Bonchev–Trinajstić information content (AvgIpc) is 2.47. The van der Waals surface area contributed by atoms with E-state index in [0.717, 1.165) is 40.9 Å². The van der Waals surface area contributed by atoms with Gasteiger partial charge in [0.1, 0.15) is 11.6 Å². The minimum atomic E-state index is -0.193. The molecule has 0 saturated carbocycles. The molecule has 0 amide bonds. The van der Waals surface area contributed by atoms with E-state index in [4.69, 9.17) is 4.74 Å². The van der Waals surface area contributed by atoms with E-state index >= 15 is 0 Å². The lowest BCUT2D eigenvalue weighted by Gasteiger charge is -2.09. The number of rotatable bonds is 6. The highest BCUT2D eigenvalue weighted by Crippen LogP contribution is 2.22. The van der Waals surface area contributed by atoms with Gasteiger partial charge in [0.05, 0.1) is 7.11 Å². The van der Waals surface area contributed by atoms with Crippen LogP contribution in [0.15, 0.2) is 46.9 Å². The van der Waals surface area contributed by atoms with Gasteiger partial charge in [-0.1, -0.05) is 28.1 Å². The largest absolute Gasteiger partial charge is 0.497 e. The predicted molar refractivity (Wildman–Crippen MR) is 82.5 cm³/mol. The highest BCUT2D eigenvalue weighted by Gasteiger charge is 2.02. The summed E-state index contributed by atoms with van der Waals surface area (Å²) in [5, 5.41) is 3.38. The van der Waals surface area contributed by atoms with Gasteiger partial charge in [0.2, 0.25) is 0 Å². The van der Waals surface area contributed by atoms with Gasteiger partial charge in [0.15, 0.2) is 0 Å². The fourth-order valence-electron chi connectivity index (χ4n) is 1.92. The summed E-state index contributed by atoms with van der Waals surface area (Å²) in [5.74, 6) is 0.658. The molecule has 2 rings (SSSR count). The molecule has 0 radical (unpaired) electrons. The fraction of sp³-hybridized carbons (Fsp3) is 0.250. The summed E-state index contributed by atoms with van der Waals surface area (Å²) < 4.78 is 19.1. The molecule has 0 heterocycles. The summed E-state index contributed by atoms with van der Waals surface area (Å²) in [7, 11) is 1.66. The standard InChI is InChI=1S/C16H17BrFNO/c1-20-15-6-7-16(17)13(10-15)11-19-9-8-12-2-4-14(18)5-3-12/h2-7,10,19H,8-9,11H2,1H3. The normalized spacial score (nSPS) is 10.6. The van der Waals surface area contributed by atoms with Crippen LogP contribution in [0, 0.1) is 5.82 Å². The van der Waals surface area contributed by atoms with Gasteiger partial charge in [-0.3, -0.25) is 0 Å². The molecule has 0 bridgehead atoms. The molecule has 0 spiro atoms. The van der Waals surface area contributed by atoms with Crippen LogP contribution < -0.4 is 10.1 Å². The SMILES string of the molecule is COc1ccc(Br)c(CNCCc2ccc(F)cc2)c1. The van der Waals surface area contributed by atoms with Crippen molar-refractivity contribution in [2.75, 3.05) is 13.7 Å². The van der Waals surface area contributed by atoms with Gasteiger partial charge in [-0.15, -0.1) is 0 Å². The second kappa shape index (κ2) is 7.41. The first kappa shape index (κ1) is 15.0. The smallest absolute Gasteiger partial charge is 0.123 e. The fourth-order valence-corrected chi connectivity index (χ4v) is 2.31. The molecule has 106 valence electrons. The third-order valence-corrected chi connectivity index (χ3v) is 3.85. The summed E-state index contributed by atoms with van der Waals surface area (Å²) in [6, 6.07) is 12.5. The highest BCUT2D eigenvalue weighted by atomic mass is 79.9. The van der Waals surface area contributed by atoms with E-state index in [9.17, 15) is 4.39 Å². The number of benzene rings is 2. The van der Waals surface area contributed by atoms with Gasteiger partial charge >= 0.3 is 0 Å². The maximum absolute atomic E-state index is 12.8. The topological polar surface area (TPSA) is 21.3 Å². The van der Waals surface area contributed by atoms with Gasteiger partial charge < -0.3 is 10.1 Å². The van der Waals surface area contributed by atoms with E-state index in [1.165, 1.54) is 12.1 Å². The van der Waals surface area contributed by atoms with Crippen LogP contribution in [0.1, 0.15) is 11.1 Å². The van der Waals surface area contributed by atoms with Gasteiger partial charge in [0.25, 0.3) is 0 Å². The Hall–Kier alpha value is -1.39. The number of nitrogens with one attached hydrogen (secondary N) is 1. The molecule has 4 heteroatoms.